The third-order valence-corrected chi connectivity index (χ3v) is 6.60. The number of fused-ring (bicyclic) bond motifs is 1. The minimum Gasteiger partial charge on any atom is -0.362 e. The molecule has 1 fully saturated rings. The maximum atomic E-state index is 13.1. The first kappa shape index (κ1) is 23.8. The molecule has 2 N–H and O–H groups in total. The summed E-state index contributed by atoms with van der Waals surface area (Å²) in [5.41, 5.74) is 3.51. The summed E-state index contributed by atoms with van der Waals surface area (Å²) in [5.74, 6) is -0.0415. The van der Waals surface area contributed by atoms with E-state index in [9.17, 15) is 14.4 Å². The maximum absolute atomic E-state index is 13.1. The van der Waals surface area contributed by atoms with Gasteiger partial charge in [-0.15, -0.1) is 0 Å². The molecule has 2 aliphatic rings. The summed E-state index contributed by atoms with van der Waals surface area (Å²) in [6.45, 7) is 6.17. The van der Waals surface area contributed by atoms with Crippen molar-refractivity contribution in [3.05, 3.63) is 59.7 Å². The predicted molar refractivity (Wildman–Crippen MR) is 134 cm³/mol. The van der Waals surface area contributed by atoms with Gasteiger partial charge in [0.15, 0.2) is 0 Å². The van der Waals surface area contributed by atoms with Crippen LogP contribution in [0.25, 0.3) is 0 Å². The number of benzene rings is 2. The molecule has 0 aliphatic carbocycles. The number of nitrogens with zero attached hydrogens (tertiary/aromatic N) is 2. The second-order valence-corrected chi connectivity index (χ2v) is 9.47. The SMILES string of the molecule is CC(C)NC(=O)c1cccc2c1CCCN2CC(=O)N1CCC(C(=O)Nc2ccccc2)CC1. The number of anilines is 2. The van der Waals surface area contributed by atoms with E-state index in [4.69, 9.17) is 0 Å². The molecular weight excluding hydrogens is 428 g/mol. The van der Waals surface area contributed by atoms with Crippen molar-refractivity contribution in [2.45, 2.75) is 45.6 Å². The maximum Gasteiger partial charge on any atom is 0.251 e. The summed E-state index contributed by atoms with van der Waals surface area (Å²) < 4.78 is 0. The van der Waals surface area contributed by atoms with Crippen LogP contribution in [0.3, 0.4) is 0 Å². The summed E-state index contributed by atoms with van der Waals surface area (Å²) >= 11 is 0. The first-order chi connectivity index (χ1) is 16.4. The number of carbonyl (C=O) groups is 3. The van der Waals surface area contributed by atoms with Crippen LogP contribution in [0.15, 0.2) is 48.5 Å². The van der Waals surface area contributed by atoms with Crippen molar-refractivity contribution in [2.75, 3.05) is 36.4 Å². The molecule has 0 aromatic heterocycles. The number of hydrogen-bond donors (Lipinski definition) is 2. The zero-order valence-corrected chi connectivity index (χ0v) is 20.0. The van der Waals surface area contributed by atoms with Gasteiger partial charge in [-0.3, -0.25) is 14.4 Å². The number of nitrogens with one attached hydrogen (secondary N) is 2. The molecule has 3 amide bonds. The average Bonchev–Trinajstić information content (AvgIpc) is 2.84. The van der Waals surface area contributed by atoms with Crippen LogP contribution in [0.5, 0.6) is 0 Å². The predicted octanol–water partition coefficient (Wildman–Crippen LogP) is 3.45. The molecule has 4 rings (SSSR count). The third kappa shape index (κ3) is 5.58. The van der Waals surface area contributed by atoms with Crippen molar-refractivity contribution in [1.29, 1.82) is 0 Å². The van der Waals surface area contributed by atoms with Gasteiger partial charge in [0.1, 0.15) is 0 Å². The number of amides is 3. The molecule has 7 heteroatoms. The largest absolute Gasteiger partial charge is 0.362 e. The van der Waals surface area contributed by atoms with Crippen LogP contribution >= 0.6 is 0 Å². The highest BCUT2D eigenvalue weighted by Gasteiger charge is 2.30. The zero-order chi connectivity index (χ0) is 24.1. The Balaban J connectivity index is 1.35. The Kier molecular flexibility index (Phi) is 7.50. The van der Waals surface area contributed by atoms with Gasteiger partial charge in [0.25, 0.3) is 5.91 Å². The summed E-state index contributed by atoms with van der Waals surface area (Å²) in [4.78, 5) is 42.3. The Morgan fingerprint density at radius 3 is 2.41 bits per heavy atom. The van der Waals surface area contributed by atoms with E-state index >= 15 is 0 Å². The van der Waals surface area contributed by atoms with Gasteiger partial charge in [-0.25, -0.2) is 0 Å². The Bertz CT molecular complexity index is 1030. The van der Waals surface area contributed by atoms with E-state index in [-0.39, 0.29) is 29.7 Å². The third-order valence-electron chi connectivity index (χ3n) is 6.60. The standard InChI is InChI=1S/C27H34N4O3/c1-19(2)28-27(34)23-10-6-12-24-22(23)11-7-15-31(24)18-25(32)30-16-13-20(14-17-30)26(33)29-21-8-4-3-5-9-21/h3-6,8-10,12,19-20H,7,11,13-18H2,1-2H3,(H,28,34)(H,29,33). The molecule has 0 spiro atoms. The van der Waals surface area contributed by atoms with E-state index < -0.39 is 0 Å². The van der Waals surface area contributed by atoms with Gasteiger partial charge < -0.3 is 20.4 Å². The lowest BCUT2D eigenvalue weighted by Crippen LogP contribution is -2.46. The number of para-hydroxylation sites is 1. The second kappa shape index (κ2) is 10.7. The topological polar surface area (TPSA) is 81.8 Å². The molecule has 2 aliphatic heterocycles. The Labute approximate surface area is 201 Å². The molecule has 7 nitrogen and oxygen atoms in total. The van der Waals surface area contributed by atoms with Crippen molar-refractivity contribution >= 4 is 29.1 Å². The number of piperidine rings is 1. The first-order valence-electron chi connectivity index (χ1n) is 12.2. The molecule has 0 unspecified atom stereocenters. The highest BCUT2D eigenvalue weighted by Crippen LogP contribution is 2.30. The van der Waals surface area contributed by atoms with E-state index in [0.29, 0.717) is 38.0 Å². The molecular formula is C27H34N4O3. The first-order valence-corrected chi connectivity index (χ1v) is 12.2. The van der Waals surface area contributed by atoms with Crippen LogP contribution < -0.4 is 15.5 Å². The lowest BCUT2D eigenvalue weighted by atomic mass is 9.94. The minimum atomic E-state index is -0.0815. The molecule has 2 aromatic rings. The van der Waals surface area contributed by atoms with Crippen LogP contribution in [0, 0.1) is 5.92 Å². The molecule has 2 aromatic carbocycles. The average molecular weight is 463 g/mol. The normalized spacial score (nSPS) is 16.2. The van der Waals surface area contributed by atoms with Crippen molar-refractivity contribution in [3.8, 4) is 0 Å². The lowest BCUT2D eigenvalue weighted by Gasteiger charge is -2.36. The minimum absolute atomic E-state index is 0.0236. The van der Waals surface area contributed by atoms with E-state index in [1.54, 1.807) is 0 Å². The fraction of sp³-hybridized carbons (Fsp3) is 0.444. The van der Waals surface area contributed by atoms with E-state index in [1.165, 1.54) is 0 Å². The van der Waals surface area contributed by atoms with Crippen LogP contribution in [-0.2, 0) is 16.0 Å². The lowest BCUT2D eigenvalue weighted by molar-refractivity contribution is -0.133. The van der Waals surface area contributed by atoms with Gasteiger partial charge in [0, 0.05) is 48.5 Å². The Morgan fingerprint density at radius 1 is 0.971 bits per heavy atom. The highest BCUT2D eigenvalue weighted by molar-refractivity contribution is 5.98. The molecule has 1 saturated heterocycles. The molecule has 2 heterocycles. The summed E-state index contributed by atoms with van der Waals surface area (Å²) in [6.07, 6.45) is 3.08. The quantitative estimate of drug-likeness (QED) is 0.689. The zero-order valence-electron chi connectivity index (χ0n) is 20.0. The van der Waals surface area contributed by atoms with Crippen LogP contribution in [0.2, 0.25) is 0 Å². The van der Waals surface area contributed by atoms with Crippen molar-refractivity contribution < 1.29 is 14.4 Å². The molecule has 0 saturated carbocycles. The number of likely N-dealkylation sites (tertiary alicyclic amines) is 1. The molecule has 0 atom stereocenters. The summed E-state index contributed by atoms with van der Waals surface area (Å²) in [5, 5.41) is 5.95. The number of rotatable bonds is 6. The van der Waals surface area contributed by atoms with Crippen LogP contribution in [0.4, 0.5) is 11.4 Å². The fourth-order valence-corrected chi connectivity index (χ4v) is 4.84. The van der Waals surface area contributed by atoms with Crippen molar-refractivity contribution in [3.63, 3.8) is 0 Å². The number of hydrogen-bond acceptors (Lipinski definition) is 4. The van der Waals surface area contributed by atoms with E-state index in [0.717, 1.165) is 36.3 Å². The van der Waals surface area contributed by atoms with Gasteiger partial charge in [0.05, 0.1) is 6.54 Å². The second-order valence-electron chi connectivity index (χ2n) is 9.47. The monoisotopic (exact) mass is 462 g/mol. The molecule has 34 heavy (non-hydrogen) atoms. The van der Waals surface area contributed by atoms with E-state index in [2.05, 4.69) is 15.5 Å². The van der Waals surface area contributed by atoms with Crippen LogP contribution in [-0.4, -0.2) is 54.8 Å². The summed E-state index contributed by atoms with van der Waals surface area (Å²) in [6, 6.07) is 15.3. The molecule has 0 bridgehead atoms. The van der Waals surface area contributed by atoms with Gasteiger partial charge in [-0.05, 0) is 69.4 Å². The Hall–Kier alpha value is -3.35. The molecule has 180 valence electrons. The van der Waals surface area contributed by atoms with Gasteiger partial charge in [-0.1, -0.05) is 24.3 Å². The number of carbonyl (C=O) groups excluding carboxylic acids is 3. The van der Waals surface area contributed by atoms with Gasteiger partial charge in [0.2, 0.25) is 11.8 Å². The highest BCUT2D eigenvalue weighted by atomic mass is 16.2. The van der Waals surface area contributed by atoms with Crippen molar-refractivity contribution in [1.82, 2.24) is 10.2 Å². The summed E-state index contributed by atoms with van der Waals surface area (Å²) in [7, 11) is 0. The van der Waals surface area contributed by atoms with E-state index in [1.807, 2.05) is 67.3 Å². The fourth-order valence-electron chi connectivity index (χ4n) is 4.84. The van der Waals surface area contributed by atoms with Crippen molar-refractivity contribution in [2.24, 2.45) is 5.92 Å². The van der Waals surface area contributed by atoms with Gasteiger partial charge >= 0.3 is 0 Å². The molecule has 0 radical (unpaired) electrons. The van der Waals surface area contributed by atoms with Crippen LogP contribution in [0.1, 0.15) is 49.0 Å². The van der Waals surface area contributed by atoms with Gasteiger partial charge in [-0.2, -0.15) is 0 Å². The Morgan fingerprint density at radius 2 is 1.71 bits per heavy atom. The smallest absolute Gasteiger partial charge is 0.251 e.